The molecule has 3 nitrogen and oxygen atoms in total. The average molecular weight is 286 g/mol. The van der Waals surface area contributed by atoms with Gasteiger partial charge in [-0.15, -0.1) is 0 Å². The van der Waals surface area contributed by atoms with Gasteiger partial charge in [0.15, 0.2) is 0 Å². The first-order chi connectivity index (χ1) is 10.1. The van der Waals surface area contributed by atoms with Gasteiger partial charge in [-0.05, 0) is 36.2 Å². The van der Waals surface area contributed by atoms with Gasteiger partial charge >= 0.3 is 0 Å². The Balaban J connectivity index is 2.02. The molecule has 0 aliphatic heterocycles. The standard InChI is InChI=1S/C17H19FN2O/c1-12(14-7-9-16(18)10-8-14)19-11-15-5-3-4-6-17(15)20-13(2)21/h3-10,12,19H,11H2,1-2H3,(H,20,21)/t12-/m1/s1. The number of benzene rings is 2. The van der Waals surface area contributed by atoms with E-state index in [4.69, 9.17) is 0 Å². The van der Waals surface area contributed by atoms with Crippen LogP contribution in [0.4, 0.5) is 10.1 Å². The van der Waals surface area contributed by atoms with E-state index in [-0.39, 0.29) is 17.8 Å². The molecule has 21 heavy (non-hydrogen) atoms. The molecular formula is C17H19FN2O. The van der Waals surface area contributed by atoms with Gasteiger partial charge in [0.25, 0.3) is 0 Å². The van der Waals surface area contributed by atoms with E-state index in [0.29, 0.717) is 6.54 Å². The summed E-state index contributed by atoms with van der Waals surface area (Å²) < 4.78 is 12.9. The van der Waals surface area contributed by atoms with Gasteiger partial charge in [-0.2, -0.15) is 0 Å². The SMILES string of the molecule is CC(=O)Nc1ccccc1CN[C@H](C)c1ccc(F)cc1. The maximum absolute atomic E-state index is 12.9. The quantitative estimate of drug-likeness (QED) is 0.881. The third-order valence-electron chi connectivity index (χ3n) is 3.30. The van der Waals surface area contributed by atoms with Crippen molar-refractivity contribution in [2.75, 3.05) is 5.32 Å². The minimum atomic E-state index is -0.234. The molecule has 0 aliphatic carbocycles. The van der Waals surface area contributed by atoms with Gasteiger partial charge in [-0.3, -0.25) is 4.79 Å². The number of hydrogen-bond acceptors (Lipinski definition) is 2. The summed E-state index contributed by atoms with van der Waals surface area (Å²) in [6.07, 6.45) is 0. The number of halogens is 1. The van der Waals surface area contributed by atoms with Crippen molar-refractivity contribution in [1.29, 1.82) is 0 Å². The van der Waals surface area contributed by atoms with E-state index < -0.39 is 0 Å². The molecule has 4 heteroatoms. The van der Waals surface area contributed by atoms with Gasteiger partial charge in [0, 0.05) is 25.2 Å². The van der Waals surface area contributed by atoms with Crippen molar-refractivity contribution in [3.8, 4) is 0 Å². The van der Waals surface area contributed by atoms with E-state index in [1.807, 2.05) is 31.2 Å². The molecule has 0 radical (unpaired) electrons. The van der Waals surface area contributed by atoms with Crippen molar-refractivity contribution < 1.29 is 9.18 Å². The van der Waals surface area contributed by atoms with Crippen molar-refractivity contribution in [1.82, 2.24) is 5.32 Å². The van der Waals surface area contributed by atoms with E-state index in [9.17, 15) is 9.18 Å². The highest BCUT2D eigenvalue weighted by Crippen LogP contribution is 2.18. The highest BCUT2D eigenvalue weighted by molar-refractivity contribution is 5.89. The van der Waals surface area contributed by atoms with Crippen LogP contribution in [-0.4, -0.2) is 5.91 Å². The normalized spacial score (nSPS) is 12.0. The Morgan fingerprint density at radius 2 is 1.81 bits per heavy atom. The highest BCUT2D eigenvalue weighted by Gasteiger charge is 2.07. The summed E-state index contributed by atoms with van der Waals surface area (Å²) in [5.41, 5.74) is 2.85. The van der Waals surface area contributed by atoms with Crippen LogP contribution in [0.25, 0.3) is 0 Å². The first-order valence-electron chi connectivity index (χ1n) is 6.90. The Kier molecular flexibility index (Phi) is 5.06. The number of carbonyl (C=O) groups is 1. The molecule has 2 N–H and O–H groups in total. The highest BCUT2D eigenvalue weighted by atomic mass is 19.1. The van der Waals surface area contributed by atoms with E-state index in [0.717, 1.165) is 16.8 Å². The van der Waals surface area contributed by atoms with Crippen molar-refractivity contribution in [3.05, 3.63) is 65.5 Å². The fraction of sp³-hybridized carbons (Fsp3) is 0.235. The lowest BCUT2D eigenvalue weighted by Crippen LogP contribution is -2.19. The van der Waals surface area contributed by atoms with E-state index in [1.54, 1.807) is 12.1 Å². The summed E-state index contributed by atoms with van der Waals surface area (Å²) in [5, 5.41) is 6.19. The van der Waals surface area contributed by atoms with Crippen LogP contribution < -0.4 is 10.6 Å². The fourth-order valence-corrected chi connectivity index (χ4v) is 2.12. The Hall–Kier alpha value is -2.20. The molecular weight excluding hydrogens is 267 g/mol. The maximum atomic E-state index is 12.9. The van der Waals surface area contributed by atoms with Crippen LogP contribution >= 0.6 is 0 Å². The summed E-state index contributed by atoms with van der Waals surface area (Å²) in [5.74, 6) is -0.323. The Morgan fingerprint density at radius 1 is 1.14 bits per heavy atom. The van der Waals surface area contributed by atoms with Crippen LogP contribution in [0.5, 0.6) is 0 Å². The molecule has 0 fully saturated rings. The molecule has 0 unspecified atom stereocenters. The lowest BCUT2D eigenvalue weighted by molar-refractivity contribution is -0.114. The van der Waals surface area contributed by atoms with Crippen LogP contribution in [0.2, 0.25) is 0 Å². The van der Waals surface area contributed by atoms with Crippen LogP contribution in [0.3, 0.4) is 0 Å². The second-order valence-corrected chi connectivity index (χ2v) is 4.99. The smallest absolute Gasteiger partial charge is 0.221 e. The lowest BCUT2D eigenvalue weighted by Gasteiger charge is -2.16. The van der Waals surface area contributed by atoms with Crippen LogP contribution in [-0.2, 0) is 11.3 Å². The van der Waals surface area contributed by atoms with Crippen LogP contribution in [0, 0.1) is 5.82 Å². The van der Waals surface area contributed by atoms with Gasteiger partial charge in [-0.1, -0.05) is 30.3 Å². The molecule has 0 heterocycles. The Bertz CT molecular complexity index is 610. The summed E-state index contributed by atoms with van der Waals surface area (Å²) in [7, 11) is 0. The summed E-state index contributed by atoms with van der Waals surface area (Å²) >= 11 is 0. The largest absolute Gasteiger partial charge is 0.326 e. The molecule has 2 aromatic rings. The molecule has 110 valence electrons. The number of rotatable bonds is 5. The van der Waals surface area contributed by atoms with Crippen LogP contribution in [0.15, 0.2) is 48.5 Å². The number of anilines is 1. The van der Waals surface area contributed by atoms with E-state index >= 15 is 0 Å². The summed E-state index contributed by atoms with van der Waals surface area (Å²) in [6.45, 7) is 4.13. The monoisotopic (exact) mass is 286 g/mol. The third-order valence-corrected chi connectivity index (χ3v) is 3.30. The molecule has 0 saturated heterocycles. The third kappa shape index (κ3) is 4.39. The molecule has 0 aromatic heterocycles. The molecule has 0 saturated carbocycles. The van der Waals surface area contributed by atoms with Gasteiger partial charge in [0.1, 0.15) is 5.82 Å². The Labute approximate surface area is 124 Å². The first-order valence-corrected chi connectivity index (χ1v) is 6.90. The molecule has 0 aliphatic rings. The molecule has 2 aromatic carbocycles. The average Bonchev–Trinajstić information content (AvgIpc) is 2.46. The van der Waals surface area contributed by atoms with Crippen molar-refractivity contribution in [3.63, 3.8) is 0 Å². The second kappa shape index (κ2) is 6.99. The van der Waals surface area contributed by atoms with Gasteiger partial charge in [0.2, 0.25) is 5.91 Å². The zero-order chi connectivity index (χ0) is 15.2. The van der Waals surface area contributed by atoms with E-state index in [1.165, 1.54) is 19.1 Å². The summed E-state index contributed by atoms with van der Waals surface area (Å²) in [4.78, 5) is 11.2. The fourth-order valence-electron chi connectivity index (χ4n) is 2.12. The number of nitrogens with one attached hydrogen (secondary N) is 2. The predicted octanol–water partition coefficient (Wildman–Crippen LogP) is 3.63. The van der Waals surface area contributed by atoms with Crippen molar-refractivity contribution in [2.24, 2.45) is 0 Å². The van der Waals surface area contributed by atoms with Crippen molar-refractivity contribution in [2.45, 2.75) is 26.4 Å². The van der Waals surface area contributed by atoms with E-state index in [2.05, 4.69) is 10.6 Å². The second-order valence-electron chi connectivity index (χ2n) is 4.99. The number of hydrogen-bond donors (Lipinski definition) is 2. The number of para-hydroxylation sites is 1. The molecule has 1 atom stereocenters. The van der Waals surface area contributed by atoms with Crippen molar-refractivity contribution >= 4 is 11.6 Å². The minimum absolute atomic E-state index is 0.0889. The van der Waals surface area contributed by atoms with Gasteiger partial charge in [-0.25, -0.2) is 4.39 Å². The summed E-state index contributed by atoms with van der Waals surface area (Å²) in [6, 6.07) is 14.2. The zero-order valence-corrected chi connectivity index (χ0v) is 12.2. The molecule has 0 bridgehead atoms. The van der Waals surface area contributed by atoms with Gasteiger partial charge < -0.3 is 10.6 Å². The van der Waals surface area contributed by atoms with Crippen LogP contribution in [0.1, 0.15) is 31.0 Å². The minimum Gasteiger partial charge on any atom is -0.326 e. The van der Waals surface area contributed by atoms with Gasteiger partial charge in [0.05, 0.1) is 0 Å². The number of carbonyl (C=O) groups excluding carboxylic acids is 1. The molecule has 0 spiro atoms. The Morgan fingerprint density at radius 3 is 2.48 bits per heavy atom. The molecule has 1 amide bonds. The number of amides is 1. The first kappa shape index (κ1) is 15.2. The topological polar surface area (TPSA) is 41.1 Å². The molecule has 2 rings (SSSR count). The lowest BCUT2D eigenvalue weighted by atomic mass is 10.1. The predicted molar refractivity (Wildman–Crippen MR) is 82.4 cm³/mol. The zero-order valence-electron chi connectivity index (χ0n) is 12.2. The maximum Gasteiger partial charge on any atom is 0.221 e.